The van der Waals surface area contributed by atoms with Gasteiger partial charge in [-0.2, -0.15) is 0 Å². The Labute approximate surface area is 129 Å². The highest BCUT2D eigenvalue weighted by Crippen LogP contribution is 2.34. The predicted molar refractivity (Wildman–Crippen MR) is 79.5 cm³/mol. The highest BCUT2D eigenvalue weighted by molar-refractivity contribution is 9.10. The summed E-state index contributed by atoms with van der Waals surface area (Å²) in [6.45, 7) is 1.40. The molecule has 7 nitrogen and oxygen atoms in total. The molecule has 112 valence electrons. The fourth-order valence-electron chi connectivity index (χ4n) is 2.10. The maximum Gasteiger partial charge on any atom is 0.404 e. The molecule has 2 aromatic rings. The average molecular weight is 355 g/mol. The minimum Gasteiger partial charge on any atom is -0.490 e. The van der Waals surface area contributed by atoms with Crippen molar-refractivity contribution in [1.82, 2.24) is 20.3 Å². The first-order chi connectivity index (χ1) is 10.1. The number of benzene rings is 1. The molecular weight excluding hydrogens is 340 g/mol. The Balaban J connectivity index is 1.72. The number of carbonyl (C=O) groups is 1. The van der Waals surface area contributed by atoms with Gasteiger partial charge in [0.1, 0.15) is 17.9 Å². The first-order valence-electron chi connectivity index (χ1n) is 6.76. The summed E-state index contributed by atoms with van der Waals surface area (Å²) >= 11 is 3.48. The number of halogens is 1. The van der Waals surface area contributed by atoms with Crippen LogP contribution in [0.4, 0.5) is 4.79 Å². The van der Waals surface area contributed by atoms with E-state index in [1.807, 2.05) is 16.8 Å². The number of nitrogens with one attached hydrogen (secondary N) is 1. The van der Waals surface area contributed by atoms with Crippen LogP contribution in [0.15, 0.2) is 16.6 Å². The minimum absolute atomic E-state index is 0.230. The highest BCUT2D eigenvalue weighted by atomic mass is 79.9. The summed E-state index contributed by atoms with van der Waals surface area (Å²) in [6, 6.07) is 3.78. The Kier molecular flexibility index (Phi) is 3.96. The summed E-state index contributed by atoms with van der Waals surface area (Å²) in [5, 5.41) is 19.1. The molecule has 3 rings (SSSR count). The molecule has 8 heteroatoms. The van der Waals surface area contributed by atoms with Crippen molar-refractivity contribution < 1.29 is 14.6 Å². The summed E-state index contributed by atoms with van der Waals surface area (Å²) < 4.78 is 8.22. The van der Waals surface area contributed by atoms with E-state index < -0.39 is 6.09 Å². The molecule has 1 aromatic heterocycles. The van der Waals surface area contributed by atoms with Crippen LogP contribution in [0.5, 0.6) is 5.75 Å². The van der Waals surface area contributed by atoms with E-state index in [9.17, 15) is 4.79 Å². The molecule has 2 N–H and O–H groups in total. The van der Waals surface area contributed by atoms with Gasteiger partial charge in [0.15, 0.2) is 0 Å². The lowest BCUT2D eigenvalue weighted by Gasteiger charge is -2.08. The van der Waals surface area contributed by atoms with Crippen molar-refractivity contribution in [2.45, 2.75) is 19.4 Å². The van der Waals surface area contributed by atoms with Crippen LogP contribution in [-0.2, 0) is 6.54 Å². The van der Waals surface area contributed by atoms with E-state index in [1.165, 1.54) is 12.8 Å². The predicted octanol–water partition coefficient (Wildman–Crippen LogP) is 2.25. The van der Waals surface area contributed by atoms with Gasteiger partial charge < -0.3 is 15.2 Å². The number of hydrogen-bond acceptors (Lipinski definition) is 4. The Morgan fingerprint density at radius 2 is 2.33 bits per heavy atom. The van der Waals surface area contributed by atoms with E-state index >= 15 is 0 Å². The van der Waals surface area contributed by atoms with Crippen LogP contribution in [0.2, 0.25) is 0 Å². The number of ether oxygens (including phenoxy) is 1. The summed E-state index contributed by atoms with van der Waals surface area (Å²) in [7, 11) is 0. The molecule has 0 aliphatic heterocycles. The largest absolute Gasteiger partial charge is 0.490 e. The zero-order valence-electron chi connectivity index (χ0n) is 11.3. The Morgan fingerprint density at radius 1 is 1.52 bits per heavy atom. The summed E-state index contributed by atoms with van der Waals surface area (Å²) in [5.41, 5.74) is 1.74. The van der Waals surface area contributed by atoms with E-state index in [4.69, 9.17) is 9.84 Å². The zero-order valence-corrected chi connectivity index (χ0v) is 12.8. The lowest BCUT2D eigenvalue weighted by atomic mass is 10.3. The van der Waals surface area contributed by atoms with Gasteiger partial charge in [0.05, 0.1) is 16.5 Å². The second kappa shape index (κ2) is 5.88. The normalized spacial score (nSPS) is 14.3. The fraction of sp³-hybridized carbons (Fsp3) is 0.462. The van der Waals surface area contributed by atoms with Crippen molar-refractivity contribution in [1.29, 1.82) is 0 Å². The van der Waals surface area contributed by atoms with Gasteiger partial charge in [0.2, 0.25) is 0 Å². The molecule has 0 bridgehead atoms. The Morgan fingerprint density at radius 3 is 3.05 bits per heavy atom. The molecule has 1 saturated carbocycles. The van der Waals surface area contributed by atoms with E-state index in [2.05, 4.69) is 31.6 Å². The van der Waals surface area contributed by atoms with Gasteiger partial charge in [-0.3, -0.25) is 0 Å². The van der Waals surface area contributed by atoms with Gasteiger partial charge >= 0.3 is 6.09 Å². The number of nitrogens with zero attached hydrogens (tertiary/aromatic N) is 3. The van der Waals surface area contributed by atoms with Crippen LogP contribution in [-0.4, -0.2) is 39.3 Å². The molecule has 0 spiro atoms. The molecule has 1 amide bonds. The number of amides is 1. The number of fused-ring (bicyclic) bond motifs is 1. The van der Waals surface area contributed by atoms with Crippen LogP contribution >= 0.6 is 15.9 Å². The van der Waals surface area contributed by atoms with Gasteiger partial charge in [-0.15, -0.1) is 5.10 Å². The standard InChI is InChI=1S/C13H15BrN4O3/c14-11-10(21-6-5-15-13(19)20)4-3-9-12(11)16-17-18(9)7-8-1-2-8/h3-4,8,15H,1-2,5-7H2,(H,19,20). The second-order valence-electron chi connectivity index (χ2n) is 5.04. The SMILES string of the molecule is O=C(O)NCCOc1ccc2c(nnn2CC2CC2)c1Br. The third kappa shape index (κ3) is 3.26. The third-order valence-corrected chi connectivity index (χ3v) is 4.12. The molecule has 21 heavy (non-hydrogen) atoms. The molecule has 1 fully saturated rings. The highest BCUT2D eigenvalue weighted by Gasteiger charge is 2.23. The molecule has 1 aromatic carbocycles. The summed E-state index contributed by atoms with van der Waals surface area (Å²) in [5.74, 6) is 1.36. The Hall–Kier alpha value is -1.83. The van der Waals surface area contributed by atoms with E-state index in [0.29, 0.717) is 5.75 Å². The number of aromatic nitrogens is 3. The van der Waals surface area contributed by atoms with Crippen molar-refractivity contribution in [3.05, 3.63) is 16.6 Å². The molecule has 1 aliphatic rings. The molecule has 1 aliphatic carbocycles. The summed E-state index contributed by atoms with van der Waals surface area (Å²) in [4.78, 5) is 10.4. The first-order valence-corrected chi connectivity index (χ1v) is 7.55. The van der Waals surface area contributed by atoms with Crippen LogP contribution in [0.3, 0.4) is 0 Å². The maximum absolute atomic E-state index is 10.4. The Bertz CT molecular complexity index is 669. The van der Waals surface area contributed by atoms with Gasteiger partial charge in [-0.05, 0) is 46.8 Å². The second-order valence-corrected chi connectivity index (χ2v) is 5.83. The zero-order chi connectivity index (χ0) is 14.8. The number of carboxylic acid groups (broad SMARTS) is 1. The number of hydrogen-bond donors (Lipinski definition) is 2. The van der Waals surface area contributed by atoms with Crippen molar-refractivity contribution in [2.24, 2.45) is 5.92 Å². The molecule has 0 saturated heterocycles. The van der Waals surface area contributed by atoms with Crippen molar-refractivity contribution in [2.75, 3.05) is 13.2 Å². The van der Waals surface area contributed by atoms with E-state index in [1.54, 1.807) is 0 Å². The van der Waals surface area contributed by atoms with E-state index in [0.717, 1.165) is 28.0 Å². The van der Waals surface area contributed by atoms with Crippen molar-refractivity contribution in [3.63, 3.8) is 0 Å². The average Bonchev–Trinajstić information content (AvgIpc) is 3.16. The number of rotatable bonds is 6. The summed E-state index contributed by atoms with van der Waals surface area (Å²) in [6.07, 6.45) is 1.47. The molecule has 1 heterocycles. The molecule has 0 radical (unpaired) electrons. The van der Waals surface area contributed by atoms with Gasteiger partial charge in [0.25, 0.3) is 0 Å². The van der Waals surface area contributed by atoms with Crippen molar-refractivity contribution >= 4 is 33.1 Å². The van der Waals surface area contributed by atoms with Crippen LogP contribution in [0, 0.1) is 5.92 Å². The molecule has 0 atom stereocenters. The van der Waals surface area contributed by atoms with Crippen LogP contribution in [0.1, 0.15) is 12.8 Å². The minimum atomic E-state index is -1.06. The third-order valence-electron chi connectivity index (χ3n) is 3.35. The van der Waals surface area contributed by atoms with Gasteiger partial charge in [-0.25, -0.2) is 9.48 Å². The monoisotopic (exact) mass is 354 g/mol. The van der Waals surface area contributed by atoms with Gasteiger partial charge in [0, 0.05) is 6.54 Å². The molecule has 0 unspecified atom stereocenters. The van der Waals surface area contributed by atoms with Crippen molar-refractivity contribution in [3.8, 4) is 5.75 Å². The van der Waals surface area contributed by atoms with Crippen LogP contribution < -0.4 is 10.1 Å². The van der Waals surface area contributed by atoms with Crippen LogP contribution in [0.25, 0.3) is 11.0 Å². The lowest BCUT2D eigenvalue weighted by molar-refractivity contribution is 0.191. The quantitative estimate of drug-likeness (QED) is 0.776. The maximum atomic E-state index is 10.4. The molecular formula is C13H15BrN4O3. The smallest absolute Gasteiger partial charge is 0.404 e. The van der Waals surface area contributed by atoms with E-state index in [-0.39, 0.29) is 13.2 Å². The first kappa shape index (κ1) is 14.1. The fourth-order valence-corrected chi connectivity index (χ4v) is 2.63. The van der Waals surface area contributed by atoms with Gasteiger partial charge in [-0.1, -0.05) is 5.21 Å². The topological polar surface area (TPSA) is 89.3 Å². The lowest BCUT2D eigenvalue weighted by Crippen LogP contribution is -2.26.